The first-order valence-electron chi connectivity index (χ1n) is 8.10. The molecule has 10 heteroatoms. The van der Waals surface area contributed by atoms with Crippen LogP contribution in [0.5, 0.6) is 0 Å². The summed E-state index contributed by atoms with van der Waals surface area (Å²) in [5, 5.41) is 7.98. The summed E-state index contributed by atoms with van der Waals surface area (Å²) in [6.45, 7) is 0. The average Bonchev–Trinajstić information content (AvgIpc) is 3.35. The minimum Gasteiger partial charge on any atom is -0.323 e. The predicted octanol–water partition coefficient (Wildman–Crippen LogP) is 4.50. The normalized spacial score (nSPS) is 11.1. The van der Waals surface area contributed by atoms with Gasteiger partial charge in [-0.15, -0.1) is 22.7 Å². The van der Waals surface area contributed by atoms with E-state index in [1.54, 1.807) is 36.7 Å². The number of halogens is 1. The fourth-order valence-electron chi connectivity index (χ4n) is 2.59. The second-order valence-corrected chi connectivity index (χ2v) is 8.85. The van der Waals surface area contributed by atoms with Crippen LogP contribution in [-0.4, -0.2) is 26.2 Å². The van der Waals surface area contributed by atoms with Crippen LogP contribution in [0.3, 0.4) is 0 Å². The van der Waals surface area contributed by atoms with Gasteiger partial charge in [-0.3, -0.25) is 14.2 Å². The Hall–Kier alpha value is -2.20. The third kappa shape index (κ3) is 3.70. The Kier molecular flexibility index (Phi) is 5.49. The number of carbonyl (C=O) groups excluding carboxylic acids is 1. The Labute approximate surface area is 177 Å². The lowest BCUT2D eigenvalue weighted by molar-refractivity contribution is -0.113. The van der Waals surface area contributed by atoms with Crippen LogP contribution in [0.2, 0.25) is 5.15 Å². The molecule has 4 rings (SSSR count). The van der Waals surface area contributed by atoms with E-state index in [-0.39, 0.29) is 22.4 Å². The lowest BCUT2D eigenvalue weighted by atomic mass is 10.2. The van der Waals surface area contributed by atoms with Gasteiger partial charge in [-0.05, 0) is 23.6 Å². The molecule has 4 aromatic rings. The lowest BCUT2D eigenvalue weighted by Gasteiger charge is -2.08. The summed E-state index contributed by atoms with van der Waals surface area (Å²) in [4.78, 5) is 35.4. The van der Waals surface area contributed by atoms with Crippen LogP contribution < -0.4 is 10.9 Å². The maximum atomic E-state index is 12.9. The molecule has 4 aromatic heterocycles. The number of thiophene rings is 2. The van der Waals surface area contributed by atoms with Crippen LogP contribution in [0.4, 0.5) is 5.69 Å². The van der Waals surface area contributed by atoms with Crippen molar-refractivity contribution < 1.29 is 4.79 Å². The number of amides is 1. The van der Waals surface area contributed by atoms with Gasteiger partial charge in [-0.25, -0.2) is 9.97 Å². The molecule has 0 atom stereocenters. The number of rotatable bonds is 5. The summed E-state index contributed by atoms with van der Waals surface area (Å²) in [7, 11) is 1.67. The number of aromatic nitrogens is 3. The second kappa shape index (κ2) is 8.04. The van der Waals surface area contributed by atoms with Crippen LogP contribution in [-0.2, 0) is 11.8 Å². The molecular formula is C18H13ClN4O2S3. The summed E-state index contributed by atoms with van der Waals surface area (Å²) in [5.41, 5.74) is 1.24. The van der Waals surface area contributed by atoms with E-state index in [1.807, 2.05) is 22.9 Å². The van der Waals surface area contributed by atoms with Gasteiger partial charge in [0, 0.05) is 29.1 Å². The number of nitrogens with zero attached hydrogens (tertiary/aromatic N) is 3. The highest BCUT2D eigenvalue weighted by Crippen LogP contribution is 2.34. The molecule has 0 aliphatic rings. The minimum absolute atomic E-state index is 0.0974. The summed E-state index contributed by atoms with van der Waals surface area (Å²) < 4.78 is 1.49. The van der Waals surface area contributed by atoms with Gasteiger partial charge in [0.05, 0.1) is 16.8 Å². The van der Waals surface area contributed by atoms with E-state index in [0.29, 0.717) is 21.1 Å². The van der Waals surface area contributed by atoms with Crippen molar-refractivity contribution in [2.45, 2.75) is 5.16 Å². The summed E-state index contributed by atoms with van der Waals surface area (Å²) in [6.07, 6.45) is 1.55. The zero-order chi connectivity index (χ0) is 19.7. The zero-order valence-corrected chi connectivity index (χ0v) is 17.7. The average molecular weight is 449 g/mol. The van der Waals surface area contributed by atoms with Gasteiger partial charge in [0.15, 0.2) is 10.3 Å². The molecule has 1 amide bonds. The van der Waals surface area contributed by atoms with Gasteiger partial charge in [-0.1, -0.05) is 29.4 Å². The first-order chi connectivity index (χ1) is 13.5. The number of hydrogen-bond donors (Lipinski definition) is 1. The third-order valence-electron chi connectivity index (χ3n) is 3.93. The van der Waals surface area contributed by atoms with E-state index in [9.17, 15) is 9.59 Å². The second-order valence-electron chi connectivity index (χ2n) is 5.74. The predicted molar refractivity (Wildman–Crippen MR) is 117 cm³/mol. The molecule has 0 spiro atoms. The highest BCUT2D eigenvalue weighted by molar-refractivity contribution is 7.99. The monoisotopic (exact) mass is 448 g/mol. The first kappa shape index (κ1) is 19.1. The van der Waals surface area contributed by atoms with Crippen LogP contribution >= 0.6 is 46.0 Å². The van der Waals surface area contributed by atoms with Crippen LogP contribution in [0.15, 0.2) is 51.2 Å². The van der Waals surface area contributed by atoms with E-state index in [1.165, 1.54) is 27.7 Å². The van der Waals surface area contributed by atoms with Gasteiger partial charge < -0.3 is 5.32 Å². The van der Waals surface area contributed by atoms with E-state index in [2.05, 4.69) is 15.3 Å². The van der Waals surface area contributed by atoms with Crippen molar-refractivity contribution in [2.24, 2.45) is 7.05 Å². The van der Waals surface area contributed by atoms with Crippen molar-refractivity contribution in [3.63, 3.8) is 0 Å². The summed E-state index contributed by atoms with van der Waals surface area (Å²) in [6, 6.07) is 7.31. The highest BCUT2D eigenvalue weighted by Gasteiger charge is 2.17. The van der Waals surface area contributed by atoms with Gasteiger partial charge in [0.25, 0.3) is 5.56 Å². The number of anilines is 1. The molecule has 0 aliphatic carbocycles. The number of nitrogens with one attached hydrogen (secondary N) is 1. The quantitative estimate of drug-likeness (QED) is 0.276. The third-order valence-corrected chi connectivity index (χ3v) is 7.03. The fourth-order valence-corrected chi connectivity index (χ4v) is 5.33. The molecule has 0 bridgehead atoms. The molecule has 28 heavy (non-hydrogen) atoms. The number of carbonyl (C=O) groups is 1. The Bertz CT molecular complexity index is 1220. The Morgan fingerprint density at radius 1 is 1.32 bits per heavy atom. The maximum Gasteiger partial charge on any atom is 0.263 e. The molecule has 4 heterocycles. The molecule has 0 unspecified atom stereocenters. The highest BCUT2D eigenvalue weighted by atomic mass is 35.5. The van der Waals surface area contributed by atoms with Crippen LogP contribution in [0.25, 0.3) is 20.7 Å². The summed E-state index contributed by atoms with van der Waals surface area (Å²) in [5.74, 6) is -0.153. The van der Waals surface area contributed by atoms with Crippen molar-refractivity contribution in [3.05, 3.63) is 56.7 Å². The van der Waals surface area contributed by atoms with Crippen molar-refractivity contribution in [1.82, 2.24) is 14.5 Å². The van der Waals surface area contributed by atoms with Crippen molar-refractivity contribution in [3.8, 4) is 10.4 Å². The zero-order valence-electron chi connectivity index (χ0n) is 14.5. The Balaban J connectivity index is 1.56. The molecule has 142 valence electrons. The number of pyridine rings is 1. The van der Waals surface area contributed by atoms with Gasteiger partial charge in [-0.2, -0.15) is 0 Å². The Morgan fingerprint density at radius 2 is 2.18 bits per heavy atom. The maximum absolute atomic E-state index is 12.9. The van der Waals surface area contributed by atoms with E-state index in [4.69, 9.17) is 11.6 Å². The molecule has 0 radical (unpaired) electrons. The van der Waals surface area contributed by atoms with Crippen molar-refractivity contribution in [1.29, 1.82) is 0 Å². The summed E-state index contributed by atoms with van der Waals surface area (Å²) >= 11 is 10.2. The largest absolute Gasteiger partial charge is 0.323 e. The van der Waals surface area contributed by atoms with E-state index in [0.717, 1.165) is 10.4 Å². The Morgan fingerprint density at radius 3 is 2.93 bits per heavy atom. The first-order valence-corrected chi connectivity index (χ1v) is 11.2. The minimum atomic E-state index is -0.250. The van der Waals surface area contributed by atoms with Crippen LogP contribution in [0.1, 0.15) is 0 Å². The van der Waals surface area contributed by atoms with E-state index >= 15 is 0 Å². The molecule has 0 saturated heterocycles. The van der Waals surface area contributed by atoms with E-state index < -0.39 is 0 Å². The van der Waals surface area contributed by atoms with Crippen molar-refractivity contribution >= 4 is 67.8 Å². The van der Waals surface area contributed by atoms with Gasteiger partial charge >= 0.3 is 0 Å². The van der Waals surface area contributed by atoms with Crippen molar-refractivity contribution in [2.75, 3.05) is 11.1 Å². The molecule has 0 saturated carbocycles. The molecule has 0 fully saturated rings. The number of fused-ring (bicyclic) bond motifs is 1. The topological polar surface area (TPSA) is 76.9 Å². The van der Waals surface area contributed by atoms with Gasteiger partial charge in [0.2, 0.25) is 5.91 Å². The fraction of sp³-hybridized carbons (Fsp3) is 0.111. The van der Waals surface area contributed by atoms with Gasteiger partial charge in [0.1, 0.15) is 4.83 Å². The number of hydrogen-bond acceptors (Lipinski definition) is 7. The molecular weight excluding hydrogens is 436 g/mol. The molecule has 6 nitrogen and oxygen atoms in total. The molecule has 1 N–H and O–H groups in total. The SMILES string of the molecule is Cn1c(SCC(=O)Nc2cccnc2Cl)nc2scc(-c3cccs3)c2c1=O. The molecule has 0 aromatic carbocycles. The molecule has 0 aliphatic heterocycles. The number of thioether (sulfide) groups is 1. The standard InChI is InChI=1S/C18H13ClN4O2S3/c1-23-17(25)14-10(12-5-3-7-26-12)8-27-16(14)22-18(23)28-9-13(24)21-11-4-2-6-20-15(11)19/h2-8H,9H2,1H3,(H,21,24). The van der Waals surface area contributed by atoms with Crippen LogP contribution in [0, 0.1) is 0 Å². The smallest absolute Gasteiger partial charge is 0.263 e. The lowest BCUT2D eigenvalue weighted by Crippen LogP contribution is -2.21.